The molecule has 7 nitrogen and oxygen atoms in total. The second-order valence-electron chi connectivity index (χ2n) is 7.96. The van der Waals surface area contributed by atoms with E-state index in [0.29, 0.717) is 11.7 Å². The van der Waals surface area contributed by atoms with Crippen LogP contribution in [0.3, 0.4) is 0 Å². The molecular formula is C22H20N6OS. The number of carbonyl (C=O) groups excluding carboxylic acids is 1. The van der Waals surface area contributed by atoms with Gasteiger partial charge >= 0.3 is 0 Å². The summed E-state index contributed by atoms with van der Waals surface area (Å²) in [5.41, 5.74) is 4.31. The minimum Gasteiger partial charge on any atom is -0.331 e. The molecule has 0 radical (unpaired) electrons. The Labute approximate surface area is 177 Å². The fourth-order valence-electron chi connectivity index (χ4n) is 4.55. The van der Waals surface area contributed by atoms with Gasteiger partial charge < -0.3 is 10.2 Å². The number of nitrogens with one attached hydrogen (secondary N) is 2. The summed E-state index contributed by atoms with van der Waals surface area (Å²) in [6.45, 7) is 3.65. The standard InChI is InChI=1S/C22H20N6OS/c1-12-4-2-6-16-17(12)26-27-18(16)21-25-19(20(30-21)13-5-3-7-23-9-13)22(29)28-11-14-8-15(28)10-24-14/h2-7,9,14-15,24H,8,10-11H2,1H3,(H,26,27). The van der Waals surface area contributed by atoms with Crippen molar-refractivity contribution in [3.05, 3.63) is 54.0 Å². The summed E-state index contributed by atoms with van der Waals surface area (Å²) in [4.78, 5) is 25.5. The number of hydrogen-bond acceptors (Lipinski definition) is 6. The second-order valence-corrected chi connectivity index (χ2v) is 8.96. The number of piperazine rings is 1. The van der Waals surface area contributed by atoms with Crippen molar-refractivity contribution in [3.63, 3.8) is 0 Å². The quantitative estimate of drug-likeness (QED) is 0.535. The van der Waals surface area contributed by atoms with Crippen LogP contribution in [0.2, 0.25) is 0 Å². The summed E-state index contributed by atoms with van der Waals surface area (Å²) in [5, 5.41) is 12.9. The lowest BCUT2D eigenvalue weighted by Crippen LogP contribution is -2.46. The Balaban J connectivity index is 1.49. The number of H-pyrrole nitrogens is 1. The minimum atomic E-state index is 0.00496. The first-order chi connectivity index (χ1) is 14.7. The van der Waals surface area contributed by atoms with E-state index in [4.69, 9.17) is 4.98 Å². The molecule has 1 amide bonds. The van der Waals surface area contributed by atoms with Crippen molar-refractivity contribution in [1.29, 1.82) is 0 Å². The van der Waals surface area contributed by atoms with E-state index in [1.165, 1.54) is 11.3 Å². The SMILES string of the molecule is Cc1cccc2c(-c3nc(C(=O)N4CC5CC4CN5)c(-c4cccnc4)s3)[nH]nc12. The van der Waals surface area contributed by atoms with Crippen molar-refractivity contribution in [2.45, 2.75) is 25.4 Å². The first kappa shape index (κ1) is 17.7. The zero-order chi connectivity index (χ0) is 20.2. The zero-order valence-corrected chi connectivity index (χ0v) is 17.2. The number of pyridine rings is 1. The van der Waals surface area contributed by atoms with Crippen molar-refractivity contribution in [1.82, 2.24) is 30.4 Å². The van der Waals surface area contributed by atoms with Crippen molar-refractivity contribution in [3.8, 4) is 21.1 Å². The lowest BCUT2D eigenvalue weighted by molar-refractivity contribution is 0.0711. The van der Waals surface area contributed by atoms with Gasteiger partial charge in [-0.2, -0.15) is 5.10 Å². The molecule has 2 unspecified atom stereocenters. The summed E-state index contributed by atoms with van der Waals surface area (Å²) < 4.78 is 0. The first-order valence-corrected chi connectivity index (χ1v) is 10.9. The Kier molecular flexibility index (Phi) is 3.97. The molecule has 2 N–H and O–H groups in total. The number of fused-ring (bicyclic) bond motifs is 3. The highest BCUT2D eigenvalue weighted by Gasteiger charge is 2.41. The van der Waals surface area contributed by atoms with E-state index in [9.17, 15) is 4.79 Å². The van der Waals surface area contributed by atoms with Gasteiger partial charge in [0.05, 0.1) is 10.4 Å². The highest BCUT2D eigenvalue weighted by Crippen LogP contribution is 2.38. The van der Waals surface area contributed by atoms with E-state index in [0.717, 1.165) is 57.1 Å². The van der Waals surface area contributed by atoms with E-state index in [2.05, 4.69) is 20.5 Å². The van der Waals surface area contributed by atoms with Crippen LogP contribution in [0.5, 0.6) is 0 Å². The Morgan fingerprint density at radius 2 is 2.20 bits per heavy atom. The molecule has 30 heavy (non-hydrogen) atoms. The molecule has 6 rings (SSSR count). The number of aromatic nitrogens is 4. The molecule has 0 aliphatic carbocycles. The molecule has 2 aliphatic heterocycles. The third kappa shape index (κ3) is 2.68. The minimum absolute atomic E-state index is 0.00496. The Hall–Kier alpha value is -3.10. The van der Waals surface area contributed by atoms with Crippen LogP contribution in [-0.2, 0) is 0 Å². The van der Waals surface area contributed by atoms with Gasteiger partial charge in [-0.15, -0.1) is 11.3 Å². The Morgan fingerprint density at radius 1 is 1.27 bits per heavy atom. The van der Waals surface area contributed by atoms with Gasteiger partial charge in [-0.1, -0.05) is 24.3 Å². The van der Waals surface area contributed by atoms with Crippen LogP contribution in [0.15, 0.2) is 42.7 Å². The van der Waals surface area contributed by atoms with Crippen LogP contribution in [0.1, 0.15) is 22.5 Å². The fraction of sp³-hybridized carbons (Fsp3) is 0.273. The number of rotatable bonds is 3. The number of hydrogen-bond donors (Lipinski definition) is 2. The van der Waals surface area contributed by atoms with Crippen molar-refractivity contribution < 1.29 is 4.79 Å². The van der Waals surface area contributed by atoms with Gasteiger partial charge in [-0.25, -0.2) is 4.98 Å². The van der Waals surface area contributed by atoms with E-state index < -0.39 is 0 Å². The van der Waals surface area contributed by atoms with Crippen LogP contribution in [0.4, 0.5) is 0 Å². The van der Waals surface area contributed by atoms with Gasteiger partial charge in [0, 0.05) is 48.5 Å². The summed E-state index contributed by atoms with van der Waals surface area (Å²) in [5.74, 6) is 0.00496. The zero-order valence-electron chi connectivity index (χ0n) is 16.4. The Morgan fingerprint density at radius 3 is 2.97 bits per heavy atom. The number of amides is 1. The number of likely N-dealkylation sites (tertiary alicyclic amines) is 1. The van der Waals surface area contributed by atoms with E-state index in [1.54, 1.807) is 12.4 Å². The second kappa shape index (κ2) is 6.72. The maximum atomic E-state index is 13.5. The van der Waals surface area contributed by atoms with E-state index in [1.807, 2.05) is 42.2 Å². The van der Waals surface area contributed by atoms with Gasteiger partial charge in [-0.05, 0) is 25.0 Å². The molecule has 2 atom stereocenters. The number of carbonyl (C=O) groups is 1. The van der Waals surface area contributed by atoms with Gasteiger partial charge in [0.15, 0.2) is 0 Å². The molecule has 2 fully saturated rings. The summed E-state index contributed by atoms with van der Waals surface area (Å²) >= 11 is 1.51. The number of benzene rings is 1. The first-order valence-electron chi connectivity index (χ1n) is 10.1. The summed E-state index contributed by atoms with van der Waals surface area (Å²) in [7, 11) is 0. The molecule has 0 spiro atoms. The third-order valence-electron chi connectivity index (χ3n) is 6.07. The van der Waals surface area contributed by atoms with Crippen LogP contribution < -0.4 is 5.32 Å². The largest absolute Gasteiger partial charge is 0.331 e. The molecule has 5 heterocycles. The lowest BCUT2D eigenvalue weighted by atomic mass is 10.1. The molecule has 2 saturated heterocycles. The van der Waals surface area contributed by atoms with Crippen LogP contribution in [-0.4, -0.2) is 56.1 Å². The van der Waals surface area contributed by atoms with Gasteiger partial charge in [-0.3, -0.25) is 14.9 Å². The molecule has 2 aliphatic rings. The van der Waals surface area contributed by atoms with Gasteiger partial charge in [0.1, 0.15) is 16.4 Å². The molecule has 150 valence electrons. The number of thiazole rings is 1. The normalized spacial score (nSPS) is 20.4. The van der Waals surface area contributed by atoms with Crippen molar-refractivity contribution in [2.24, 2.45) is 0 Å². The monoisotopic (exact) mass is 416 g/mol. The van der Waals surface area contributed by atoms with E-state index in [-0.39, 0.29) is 11.9 Å². The predicted octanol–water partition coefficient (Wildman–Crippen LogP) is 3.24. The summed E-state index contributed by atoms with van der Waals surface area (Å²) in [6.07, 6.45) is 4.56. The molecular weight excluding hydrogens is 396 g/mol. The number of aromatic amines is 1. The average molecular weight is 417 g/mol. The smallest absolute Gasteiger partial charge is 0.274 e. The predicted molar refractivity (Wildman–Crippen MR) is 116 cm³/mol. The summed E-state index contributed by atoms with van der Waals surface area (Å²) in [6, 6.07) is 10.6. The van der Waals surface area contributed by atoms with E-state index >= 15 is 0 Å². The third-order valence-corrected chi connectivity index (χ3v) is 7.19. The van der Waals surface area contributed by atoms with Gasteiger partial charge in [0.2, 0.25) is 0 Å². The van der Waals surface area contributed by atoms with Crippen LogP contribution in [0.25, 0.3) is 32.0 Å². The molecule has 3 aromatic heterocycles. The number of para-hydroxylation sites is 1. The highest BCUT2D eigenvalue weighted by molar-refractivity contribution is 7.18. The van der Waals surface area contributed by atoms with Crippen LogP contribution in [0, 0.1) is 6.92 Å². The maximum absolute atomic E-state index is 13.5. The van der Waals surface area contributed by atoms with Crippen molar-refractivity contribution in [2.75, 3.05) is 13.1 Å². The molecule has 4 aromatic rings. The fourth-order valence-corrected chi connectivity index (χ4v) is 5.61. The number of nitrogens with zero attached hydrogens (tertiary/aromatic N) is 4. The van der Waals surface area contributed by atoms with Crippen LogP contribution >= 0.6 is 11.3 Å². The molecule has 2 bridgehead atoms. The average Bonchev–Trinajstić information content (AvgIpc) is 3.56. The molecule has 1 aromatic carbocycles. The maximum Gasteiger partial charge on any atom is 0.274 e. The molecule has 0 saturated carbocycles. The van der Waals surface area contributed by atoms with Crippen molar-refractivity contribution >= 4 is 28.1 Å². The lowest BCUT2D eigenvalue weighted by Gasteiger charge is -2.27. The molecule has 8 heteroatoms. The highest BCUT2D eigenvalue weighted by atomic mass is 32.1. The van der Waals surface area contributed by atoms with Gasteiger partial charge in [0.25, 0.3) is 5.91 Å². The topological polar surface area (TPSA) is 86.8 Å². The number of aryl methyl sites for hydroxylation is 1. The Bertz CT molecular complexity index is 1260.